The van der Waals surface area contributed by atoms with Gasteiger partial charge in [-0.3, -0.25) is 19.3 Å². The number of halogens is 1. The molecule has 2 saturated heterocycles. The van der Waals surface area contributed by atoms with E-state index in [0.29, 0.717) is 38.0 Å². The molecule has 5 rings (SSSR count). The summed E-state index contributed by atoms with van der Waals surface area (Å²) in [5.74, 6) is -0.935. The smallest absolute Gasteiger partial charge is 0.246 e. The molecule has 8 heteroatoms. The van der Waals surface area contributed by atoms with E-state index < -0.39 is 18.1 Å². The molecule has 3 aromatic rings. The van der Waals surface area contributed by atoms with Gasteiger partial charge in [0.2, 0.25) is 17.7 Å². The summed E-state index contributed by atoms with van der Waals surface area (Å²) in [4.78, 5) is 43.4. The number of carbonyl (C=O) groups excluding carboxylic acids is 3. The zero-order chi connectivity index (χ0) is 26.5. The second-order valence-corrected chi connectivity index (χ2v) is 9.77. The Balaban J connectivity index is 1.29. The third-order valence-corrected chi connectivity index (χ3v) is 7.25. The molecule has 3 amide bonds. The molecule has 2 aliphatic heterocycles. The first-order valence-corrected chi connectivity index (χ1v) is 13.0. The van der Waals surface area contributed by atoms with Crippen LogP contribution in [0.1, 0.15) is 22.7 Å². The van der Waals surface area contributed by atoms with E-state index in [1.165, 1.54) is 12.1 Å². The van der Waals surface area contributed by atoms with Crippen molar-refractivity contribution in [1.29, 1.82) is 0 Å². The minimum absolute atomic E-state index is 0.108. The van der Waals surface area contributed by atoms with E-state index in [2.05, 4.69) is 10.6 Å². The molecule has 38 heavy (non-hydrogen) atoms. The van der Waals surface area contributed by atoms with Crippen molar-refractivity contribution in [3.63, 3.8) is 0 Å². The van der Waals surface area contributed by atoms with Crippen molar-refractivity contribution in [1.82, 2.24) is 20.4 Å². The van der Waals surface area contributed by atoms with E-state index in [4.69, 9.17) is 0 Å². The fourth-order valence-electron chi connectivity index (χ4n) is 5.29. The van der Waals surface area contributed by atoms with Gasteiger partial charge in [0, 0.05) is 32.6 Å². The number of hydrogen-bond donors (Lipinski definition) is 2. The molecule has 196 valence electrons. The van der Waals surface area contributed by atoms with E-state index in [-0.39, 0.29) is 30.1 Å². The molecule has 0 radical (unpaired) electrons. The van der Waals surface area contributed by atoms with Crippen LogP contribution in [0.3, 0.4) is 0 Å². The number of rotatable bonds is 8. The van der Waals surface area contributed by atoms with E-state index >= 15 is 0 Å². The molecule has 2 aliphatic rings. The summed E-state index contributed by atoms with van der Waals surface area (Å²) in [6.45, 7) is 1.41. The van der Waals surface area contributed by atoms with Crippen molar-refractivity contribution in [2.24, 2.45) is 0 Å². The lowest BCUT2D eigenvalue weighted by molar-refractivity contribution is -0.154. The second kappa shape index (κ2) is 11.6. The fraction of sp³-hybridized carbons (Fsp3) is 0.300. The number of benzene rings is 3. The summed E-state index contributed by atoms with van der Waals surface area (Å²) in [7, 11) is 0. The Morgan fingerprint density at radius 2 is 1.58 bits per heavy atom. The third kappa shape index (κ3) is 5.75. The van der Waals surface area contributed by atoms with E-state index in [0.717, 1.165) is 11.1 Å². The first-order chi connectivity index (χ1) is 18.5. The van der Waals surface area contributed by atoms with E-state index in [9.17, 15) is 18.8 Å². The highest BCUT2D eigenvalue weighted by Crippen LogP contribution is 2.27. The molecule has 2 N–H and O–H groups in total. The summed E-state index contributed by atoms with van der Waals surface area (Å²) in [5, 5.41) is 5.91. The molecule has 3 aromatic carbocycles. The monoisotopic (exact) mass is 514 g/mol. The number of hydrogen-bond acceptors (Lipinski definition) is 4. The number of nitrogens with one attached hydrogen (secondary N) is 2. The SMILES string of the molecule is O=C(NCCc1ccccc1)C(c1ccc(F)cc1)N1CCN2C(=O)[C@H](Cc3ccccc3)NC(=O)C2C1. The van der Waals surface area contributed by atoms with Gasteiger partial charge in [-0.05, 0) is 35.2 Å². The quantitative estimate of drug-likeness (QED) is 0.484. The largest absolute Gasteiger partial charge is 0.354 e. The zero-order valence-electron chi connectivity index (χ0n) is 21.1. The first-order valence-electron chi connectivity index (χ1n) is 13.0. The van der Waals surface area contributed by atoms with Crippen molar-refractivity contribution in [3.8, 4) is 0 Å². The Hall–Kier alpha value is -4.04. The highest BCUT2D eigenvalue weighted by Gasteiger charge is 2.45. The lowest BCUT2D eigenvalue weighted by Gasteiger charge is -2.47. The van der Waals surface area contributed by atoms with E-state index in [1.54, 1.807) is 17.0 Å². The highest BCUT2D eigenvalue weighted by atomic mass is 19.1. The summed E-state index contributed by atoms with van der Waals surface area (Å²) < 4.78 is 13.7. The minimum Gasteiger partial charge on any atom is -0.354 e. The second-order valence-electron chi connectivity index (χ2n) is 9.77. The topological polar surface area (TPSA) is 81.8 Å². The molecular weight excluding hydrogens is 483 g/mol. The molecule has 0 saturated carbocycles. The average molecular weight is 515 g/mol. The van der Waals surface area contributed by atoms with Crippen molar-refractivity contribution in [3.05, 3.63) is 107 Å². The summed E-state index contributed by atoms with van der Waals surface area (Å²) >= 11 is 0. The average Bonchev–Trinajstić information content (AvgIpc) is 2.94. The van der Waals surface area contributed by atoms with Crippen LogP contribution >= 0.6 is 0 Å². The normalized spacial score (nSPS) is 20.4. The fourth-order valence-corrected chi connectivity index (χ4v) is 5.29. The summed E-state index contributed by atoms with van der Waals surface area (Å²) in [5.41, 5.74) is 2.73. The molecule has 7 nitrogen and oxygen atoms in total. The molecule has 2 unspecified atom stereocenters. The van der Waals surface area contributed by atoms with Crippen LogP contribution in [0.5, 0.6) is 0 Å². The van der Waals surface area contributed by atoms with Crippen LogP contribution in [0.15, 0.2) is 84.9 Å². The molecular formula is C30H31FN4O3. The Morgan fingerprint density at radius 3 is 2.26 bits per heavy atom. The zero-order valence-corrected chi connectivity index (χ0v) is 21.1. The highest BCUT2D eigenvalue weighted by molar-refractivity contribution is 5.97. The van der Waals surface area contributed by atoms with Crippen LogP contribution < -0.4 is 10.6 Å². The Morgan fingerprint density at radius 1 is 0.921 bits per heavy atom. The van der Waals surface area contributed by atoms with Gasteiger partial charge < -0.3 is 15.5 Å². The van der Waals surface area contributed by atoms with Gasteiger partial charge in [0.1, 0.15) is 23.9 Å². The van der Waals surface area contributed by atoms with Gasteiger partial charge in [-0.1, -0.05) is 72.8 Å². The lowest BCUT2D eigenvalue weighted by Crippen LogP contribution is -2.70. The van der Waals surface area contributed by atoms with Gasteiger partial charge in [0.25, 0.3) is 0 Å². The molecule has 2 fully saturated rings. The number of carbonyl (C=O) groups is 3. The number of amides is 3. The van der Waals surface area contributed by atoms with Gasteiger partial charge in [0.05, 0.1) is 0 Å². The number of piperazine rings is 2. The predicted molar refractivity (Wildman–Crippen MR) is 141 cm³/mol. The standard InChI is InChI=1S/C30H31FN4O3/c31-24-13-11-23(12-14-24)27(29(37)32-16-15-21-7-3-1-4-8-21)34-17-18-35-26(20-34)28(36)33-25(30(35)38)19-22-9-5-2-6-10-22/h1-14,25-27H,15-20H2,(H,32,37)(H,33,36)/t25-,26?,27?/m0/s1. The van der Waals surface area contributed by atoms with Gasteiger partial charge in [-0.2, -0.15) is 0 Å². The summed E-state index contributed by atoms with van der Waals surface area (Å²) in [6, 6.07) is 23.3. The maximum Gasteiger partial charge on any atom is 0.246 e. The Labute approximate surface area is 221 Å². The van der Waals surface area contributed by atoms with Crippen molar-refractivity contribution < 1.29 is 18.8 Å². The van der Waals surface area contributed by atoms with Crippen LogP contribution in [0.25, 0.3) is 0 Å². The molecule has 0 aromatic heterocycles. The van der Waals surface area contributed by atoms with Gasteiger partial charge >= 0.3 is 0 Å². The van der Waals surface area contributed by atoms with Crippen LogP contribution in [0.2, 0.25) is 0 Å². The number of nitrogens with zero attached hydrogens (tertiary/aromatic N) is 2. The maximum absolute atomic E-state index is 13.7. The van der Waals surface area contributed by atoms with Crippen molar-refractivity contribution >= 4 is 17.7 Å². The molecule has 0 aliphatic carbocycles. The molecule has 3 atom stereocenters. The van der Waals surface area contributed by atoms with Crippen LogP contribution in [0, 0.1) is 5.82 Å². The van der Waals surface area contributed by atoms with Crippen LogP contribution in [-0.2, 0) is 27.2 Å². The molecule has 2 heterocycles. The Kier molecular flexibility index (Phi) is 7.79. The van der Waals surface area contributed by atoms with E-state index in [1.807, 2.05) is 65.6 Å². The van der Waals surface area contributed by atoms with Crippen LogP contribution in [0.4, 0.5) is 4.39 Å². The first kappa shape index (κ1) is 25.6. The van der Waals surface area contributed by atoms with Crippen LogP contribution in [-0.4, -0.2) is 65.8 Å². The Bertz CT molecular complexity index is 1270. The van der Waals surface area contributed by atoms with Gasteiger partial charge in [-0.15, -0.1) is 0 Å². The third-order valence-electron chi connectivity index (χ3n) is 7.25. The summed E-state index contributed by atoms with van der Waals surface area (Å²) in [6.07, 6.45) is 1.11. The van der Waals surface area contributed by atoms with Crippen molar-refractivity contribution in [2.45, 2.75) is 31.0 Å². The number of fused-ring (bicyclic) bond motifs is 1. The minimum atomic E-state index is -0.710. The maximum atomic E-state index is 13.7. The molecule has 0 spiro atoms. The van der Waals surface area contributed by atoms with Gasteiger partial charge in [0.15, 0.2) is 0 Å². The molecule has 0 bridgehead atoms. The predicted octanol–water partition coefficient (Wildman–Crippen LogP) is 2.48. The lowest BCUT2D eigenvalue weighted by atomic mass is 9.96. The van der Waals surface area contributed by atoms with Gasteiger partial charge in [-0.25, -0.2) is 4.39 Å². The van der Waals surface area contributed by atoms with Crippen molar-refractivity contribution in [2.75, 3.05) is 26.2 Å².